The van der Waals surface area contributed by atoms with Crippen molar-refractivity contribution in [1.29, 1.82) is 0 Å². The minimum Gasteiger partial charge on any atom is -0.380 e. The summed E-state index contributed by atoms with van der Waals surface area (Å²) in [5.74, 6) is -0.171. The molecule has 1 heterocycles. The highest BCUT2D eigenvalue weighted by atomic mass is 127. The summed E-state index contributed by atoms with van der Waals surface area (Å²) in [5.41, 5.74) is 2.84. The van der Waals surface area contributed by atoms with Crippen molar-refractivity contribution >= 4 is 39.6 Å². The molecule has 3 aromatic rings. The van der Waals surface area contributed by atoms with Crippen LogP contribution in [0.2, 0.25) is 0 Å². The van der Waals surface area contributed by atoms with E-state index in [0.717, 1.165) is 16.1 Å². The average molecular weight is 409 g/mol. The lowest BCUT2D eigenvalue weighted by Gasteiger charge is -2.10. The fraction of sp³-hybridized carbons (Fsp3) is 0.0588. The lowest BCUT2D eigenvalue weighted by molar-refractivity contribution is 0.631. The van der Waals surface area contributed by atoms with E-state index in [1.165, 1.54) is 3.57 Å². The van der Waals surface area contributed by atoms with Gasteiger partial charge < -0.3 is 5.32 Å². The topological polar surface area (TPSA) is 12.0 Å². The first-order chi connectivity index (χ1) is 10.2. The fourth-order valence-corrected chi connectivity index (χ4v) is 3.43. The SMILES string of the molecule is Fc1ccc(CNc2ccccc2I)cc1-c1cccs1. The molecule has 0 aliphatic carbocycles. The second-order valence-corrected chi connectivity index (χ2v) is 6.73. The van der Waals surface area contributed by atoms with Gasteiger partial charge in [-0.05, 0) is 63.9 Å². The van der Waals surface area contributed by atoms with E-state index in [2.05, 4.69) is 34.0 Å². The van der Waals surface area contributed by atoms with Crippen molar-refractivity contribution in [2.45, 2.75) is 6.54 Å². The summed E-state index contributed by atoms with van der Waals surface area (Å²) in [7, 11) is 0. The summed E-state index contributed by atoms with van der Waals surface area (Å²) in [5, 5.41) is 5.36. The first-order valence-electron chi connectivity index (χ1n) is 6.55. The van der Waals surface area contributed by atoms with Crippen molar-refractivity contribution in [1.82, 2.24) is 0 Å². The summed E-state index contributed by atoms with van der Waals surface area (Å²) in [6, 6.07) is 17.3. The Morgan fingerprint density at radius 2 is 1.90 bits per heavy atom. The van der Waals surface area contributed by atoms with Gasteiger partial charge in [-0.1, -0.05) is 24.3 Å². The highest BCUT2D eigenvalue weighted by Crippen LogP contribution is 2.28. The van der Waals surface area contributed by atoms with Crippen molar-refractivity contribution in [3.8, 4) is 10.4 Å². The van der Waals surface area contributed by atoms with Gasteiger partial charge in [0.15, 0.2) is 0 Å². The molecule has 0 atom stereocenters. The Hall–Kier alpha value is -1.40. The molecule has 4 heteroatoms. The molecule has 3 rings (SSSR count). The third kappa shape index (κ3) is 3.44. The predicted octanol–water partition coefficient (Wildman–Crippen LogP) is 5.77. The van der Waals surface area contributed by atoms with Crippen LogP contribution in [0.1, 0.15) is 5.56 Å². The second-order valence-electron chi connectivity index (χ2n) is 4.62. The maximum Gasteiger partial charge on any atom is 0.131 e. The molecule has 2 aromatic carbocycles. The number of benzene rings is 2. The summed E-state index contributed by atoms with van der Waals surface area (Å²) in [4.78, 5) is 0.962. The van der Waals surface area contributed by atoms with Gasteiger partial charge in [0.1, 0.15) is 5.82 Å². The Morgan fingerprint density at radius 1 is 1.05 bits per heavy atom. The number of rotatable bonds is 4. The van der Waals surface area contributed by atoms with E-state index in [-0.39, 0.29) is 5.82 Å². The first kappa shape index (κ1) is 14.5. The molecule has 0 aliphatic rings. The quantitative estimate of drug-likeness (QED) is 0.540. The van der Waals surface area contributed by atoms with Gasteiger partial charge in [-0.3, -0.25) is 0 Å². The molecule has 0 fully saturated rings. The van der Waals surface area contributed by atoms with Crippen LogP contribution in [0.3, 0.4) is 0 Å². The van der Waals surface area contributed by atoms with Crippen molar-refractivity contribution in [2.75, 3.05) is 5.32 Å². The molecular weight excluding hydrogens is 396 g/mol. The molecule has 21 heavy (non-hydrogen) atoms. The number of thiophene rings is 1. The fourth-order valence-electron chi connectivity index (χ4n) is 2.10. The maximum atomic E-state index is 13.9. The van der Waals surface area contributed by atoms with E-state index in [1.807, 2.05) is 47.8 Å². The predicted molar refractivity (Wildman–Crippen MR) is 96.2 cm³/mol. The molecule has 1 aromatic heterocycles. The Labute approximate surface area is 141 Å². The molecule has 0 saturated carbocycles. The maximum absolute atomic E-state index is 13.9. The van der Waals surface area contributed by atoms with Crippen LogP contribution in [0.5, 0.6) is 0 Å². The lowest BCUT2D eigenvalue weighted by Crippen LogP contribution is -2.01. The number of para-hydroxylation sites is 1. The molecule has 0 saturated heterocycles. The highest BCUT2D eigenvalue weighted by molar-refractivity contribution is 14.1. The van der Waals surface area contributed by atoms with Gasteiger partial charge in [0.2, 0.25) is 0 Å². The van der Waals surface area contributed by atoms with Crippen molar-refractivity contribution in [3.05, 3.63) is 74.9 Å². The smallest absolute Gasteiger partial charge is 0.131 e. The van der Waals surface area contributed by atoms with Gasteiger partial charge in [0.05, 0.1) is 0 Å². The standard InChI is InChI=1S/C17H13FINS/c18-14-8-7-12(10-13(14)17-6-3-9-21-17)11-20-16-5-2-1-4-15(16)19/h1-10,20H,11H2. The summed E-state index contributed by atoms with van der Waals surface area (Å²) < 4.78 is 15.1. The van der Waals surface area contributed by atoms with Gasteiger partial charge in [-0.2, -0.15) is 0 Å². The molecule has 0 unspecified atom stereocenters. The third-order valence-electron chi connectivity index (χ3n) is 3.17. The van der Waals surface area contributed by atoms with E-state index < -0.39 is 0 Å². The molecular formula is C17H13FINS. The molecule has 0 aliphatic heterocycles. The van der Waals surface area contributed by atoms with Gasteiger partial charge >= 0.3 is 0 Å². The largest absolute Gasteiger partial charge is 0.380 e. The van der Waals surface area contributed by atoms with E-state index in [0.29, 0.717) is 12.1 Å². The summed E-state index contributed by atoms with van der Waals surface area (Å²) in [6.07, 6.45) is 0. The molecule has 0 bridgehead atoms. The average Bonchev–Trinajstić information content (AvgIpc) is 3.02. The minimum atomic E-state index is -0.171. The Balaban J connectivity index is 1.81. The summed E-state index contributed by atoms with van der Waals surface area (Å²) >= 11 is 3.86. The van der Waals surface area contributed by atoms with Crippen LogP contribution in [-0.2, 0) is 6.54 Å². The highest BCUT2D eigenvalue weighted by Gasteiger charge is 2.07. The Morgan fingerprint density at radius 3 is 2.67 bits per heavy atom. The zero-order valence-corrected chi connectivity index (χ0v) is 14.1. The lowest BCUT2D eigenvalue weighted by atomic mass is 10.1. The van der Waals surface area contributed by atoms with Gasteiger partial charge in [-0.25, -0.2) is 4.39 Å². The summed E-state index contributed by atoms with van der Waals surface area (Å²) in [6.45, 7) is 0.679. The van der Waals surface area contributed by atoms with E-state index in [4.69, 9.17) is 0 Å². The molecule has 106 valence electrons. The monoisotopic (exact) mass is 409 g/mol. The zero-order valence-electron chi connectivity index (χ0n) is 11.1. The number of anilines is 1. The van der Waals surface area contributed by atoms with Crippen molar-refractivity contribution < 1.29 is 4.39 Å². The molecule has 0 spiro atoms. The van der Waals surface area contributed by atoms with Crippen LogP contribution in [0.15, 0.2) is 60.0 Å². The van der Waals surface area contributed by atoms with Crippen LogP contribution in [0.4, 0.5) is 10.1 Å². The number of halogens is 2. The van der Waals surface area contributed by atoms with Gasteiger partial charge in [-0.15, -0.1) is 11.3 Å². The van der Waals surface area contributed by atoms with Crippen LogP contribution in [-0.4, -0.2) is 0 Å². The van der Waals surface area contributed by atoms with Crippen molar-refractivity contribution in [2.24, 2.45) is 0 Å². The number of hydrogen-bond donors (Lipinski definition) is 1. The van der Waals surface area contributed by atoms with Gasteiger partial charge in [0.25, 0.3) is 0 Å². The van der Waals surface area contributed by atoms with Gasteiger partial charge in [0, 0.05) is 26.2 Å². The molecule has 0 amide bonds. The molecule has 1 N–H and O–H groups in total. The molecule has 0 radical (unpaired) electrons. The van der Waals surface area contributed by atoms with Crippen molar-refractivity contribution in [3.63, 3.8) is 0 Å². The zero-order chi connectivity index (χ0) is 14.7. The third-order valence-corrected chi connectivity index (χ3v) is 5.02. The normalized spacial score (nSPS) is 10.6. The van der Waals surface area contributed by atoms with Crippen LogP contribution < -0.4 is 5.32 Å². The molecule has 1 nitrogen and oxygen atoms in total. The second kappa shape index (κ2) is 6.58. The first-order valence-corrected chi connectivity index (χ1v) is 8.50. The van der Waals surface area contributed by atoms with Crippen LogP contribution in [0, 0.1) is 9.39 Å². The number of nitrogens with one attached hydrogen (secondary N) is 1. The van der Waals surface area contributed by atoms with Crippen LogP contribution in [0.25, 0.3) is 10.4 Å². The van der Waals surface area contributed by atoms with E-state index in [9.17, 15) is 4.39 Å². The van der Waals surface area contributed by atoms with E-state index >= 15 is 0 Å². The van der Waals surface area contributed by atoms with E-state index in [1.54, 1.807) is 17.4 Å². The minimum absolute atomic E-state index is 0.171. The number of hydrogen-bond acceptors (Lipinski definition) is 2. The van der Waals surface area contributed by atoms with Crippen LogP contribution >= 0.6 is 33.9 Å². The Kier molecular flexibility index (Phi) is 4.55. The Bertz CT molecular complexity index is 740.